The van der Waals surface area contributed by atoms with Crippen LogP contribution in [0, 0.1) is 0 Å². The van der Waals surface area contributed by atoms with Crippen molar-refractivity contribution in [3.63, 3.8) is 0 Å². The van der Waals surface area contributed by atoms with Gasteiger partial charge in [-0.25, -0.2) is 0 Å². The molecule has 0 radical (unpaired) electrons. The number of hydrogen-bond acceptors (Lipinski definition) is 4. The Hall–Kier alpha value is -1.32. The molecule has 0 aromatic carbocycles. The second-order valence-electron chi connectivity index (χ2n) is 1.93. The van der Waals surface area contributed by atoms with E-state index in [1.165, 1.54) is 0 Å². The first-order chi connectivity index (χ1) is 5.91. The van der Waals surface area contributed by atoms with E-state index in [0.717, 1.165) is 0 Å². The molecule has 0 N–H and O–H groups in total. The third kappa shape index (κ3) is 8.68. The van der Waals surface area contributed by atoms with Crippen molar-refractivity contribution in [1.82, 2.24) is 0 Å². The zero-order chi connectivity index (χ0) is 9.07. The van der Waals surface area contributed by atoms with E-state index in [1.54, 1.807) is 39.0 Å². The third-order valence-electron chi connectivity index (χ3n) is 1.00. The smallest absolute Gasteiger partial charge is 0.0585 e. The molecule has 0 aliphatic carbocycles. The summed E-state index contributed by atoms with van der Waals surface area (Å²) >= 11 is 0. The number of aliphatic imine (C=N–C) groups is 4. The Morgan fingerprint density at radius 3 is 1.50 bits per heavy atom. The summed E-state index contributed by atoms with van der Waals surface area (Å²) in [4.78, 5) is 15.6. The van der Waals surface area contributed by atoms with Gasteiger partial charge in [-0.05, 0) is 0 Å². The zero-order valence-corrected chi connectivity index (χ0v) is 7.51. The lowest BCUT2D eigenvalue weighted by atomic mass is 10.6. The predicted octanol–water partition coefficient (Wildman–Crippen LogP) is 0.529. The fourth-order valence-corrected chi connectivity index (χ4v) is 0.492. The fourth-order valence-electron chi connectivity index (χ4n) is 0.492. The Morgan fingerprint density at radius 2 is 1.17 bits per heavy atom. The first-order valence-electron chi connectivity index (χ1n) is 3.73. The van der Waals surface area contributed by atoms with Crippen LogP contribution in [-0.4, -0.2) is 52.0 Å². The van der Waals surface area contributed by atoms with Crippen molar-refractivity contribution >= 4 is 24.9 Å². The molecular weight excluding hydrogens is 152 g/mol. The minimum atomic E-state index is 0.695. The summed E-state index contributed by atoms with van der Waals surface area (Å²) in [5.41, 5.74) is 0. The van der Waals surface area contributed by atoms with Gasteiger partial charge in [-0.3, -0.25) is 20.0 Å². The molecule has 66 valence electrons. The van der Waals surface area contributed by atoms with Crippen molar-refractivity contribution in [2.45, 2.75) is 0 Å². The summed E-state index contributed by atoms with van der Waals surface area (Å²) in [6, 6.07) is 0. The standard InChI is InChI=1S/C8H14N4/c1-9-3-5-11-7-8-12-6-4-10-2/h3-6H,7-8H2,1-2H3. The van der Waals surface area contributed by atoms with Gasteiger partial charge in [0.25, 0.3) is 0 Å². The summed E-state index contributed by atoms with van der Waals surface area (Å²) in [5.74, 6) is 0. The van der Waals surface area contributed by atoms with Crippen LogP contribution in [0.3, 0.4) is 0 Å². The first-order valence-corrected chi connectivity index (χ1v) is 3.73. The highest BCUT2D eigenvalue weighted by atomic mass is 14.8. The molecule has 0 rings (SSSR count). The molecule has 0 aliphatic heterocycles. The minimum absolute atomic E-state index is 0.695. The molecule has 0 spiro atoms. The fraction of sp³-hybridized carbons (Fsp3) is 0.500. The van der Waals surface area contributed by atoms with Crippen LogP contribution in [0.15, 0.2) is 20.0 Å². The molecule has 4 heteroatoms. The van der Waals surface area contributed by atoms with E-state index in [2.05, 4.69) is 20.0 Å². The monoisotopic (exact) mass is 166 g/mol. The molecule has 12 heavy (non-hydrogen) atoms. The molecule has 0 bridgehead atoms. The Morgan fingerprint density at radius 1 is 0.750 bits per heavy atom. The van der Waals surface area contributed by atoms with Crippen LogP contribution in [0.2, 0.25) is 0 Å². The molecule has 0 amide bonds. The zero-order valence-electron chi connectivity index (χ0n) is 7.51. The van der Waals surface area contributed by atoms with Gasteiger partial charge >= 0.3 is 0 Å². The van der Waals surface area contributed by atoms with Gasteiger partial charge in [0.05, 0.1) is 13.1 Å². The number of hydrogen-bond donors (Lipinski definition) is 0. The molecule has 0 unspecified atom stereocenters. The molecule has 0 saturated carbocycles. The van der Waals surface area contributed by atoms with E-state index in [0.29, 0.717) is 13.1 Å². The van der Waals surface area contributed by atoms with Gasteiger partial charge in [0.2, 0.25) is 0 Å². The highest BCUT2D eigenvalue weighted by Gasteiger charge is 1.74. The largest absolute Gasteiger partial charge is 0.295 e. The average molecular weight is 166 g/mol. The van der Waals surface area contributed by atoms with Gasteiger partial charge in [0.15, 0.2) is 0 Å². The van der Waals surface area contributed by atoms with E-state index < -0.39 is 0 Å². The topological polar surface area (TPSA) is 49.4 Å². The van der Waals surface area contributed by atoms with Crippen LogP contribution in [0.4, 0.5) is 0 Å². The van der Waals surface area contributed by atoms with E-state index in [4.69, 9.17) is 0 Å². The third-order valence-corrected chi connectivity index (χ3v) is 1.00. The first kappa shape index (κ1) is 10.7. The molecule has 4 nitrogen and oxygen atoms in total. The van der Waals surface area contributed by atoms with Crippen LogP contribution in [-0.2, 0) is 0 Å². The summed E-state index contributed by atoms with van der Waals surface area (Å²) in [7, 11) is 3.42. The van der Waals surface area contributed by atoms with Crippen LogP contribution in [0.25, 0.3) is 0 Å². The van der Waals surface area contributed by atoms with Crippen LogP contribution >= 0.6 is 0 Å². The van der Waals surface area contributed by atoms with E-state index in [9.17, 15) is 0 Å². The lowest BCUT2D eigenvalue weighted by Crippen LogP contribution is -1.89. The number of rotatable bonds is 5. The van der Waals surface area contributed by atoms with Crippen LogP contribution in [0.5, 0.6) is 0 Å². The van der Waals surface area contributed by atoms with E-state index >= 15 is 0 Å². The highest BCUT2D eigenvalue weighted by Crippen LogP contribution is 1.70. The summed E-state index contributed by atoms with van der Waals surface area (Å²) < 4.78 is 0. The summed E-state index contributed by atoms with van der Waals surface area (Å²) in [6.07, 6.45) is 6.64. The minimum Gasteiger partial charge on any atom is -0.295 e. The summed E-state index contributed by atoms with van der Waals surface area (Å²) in [6.45, 7) is 1.39. The Kier molecular flexibility index (Phi) is 8.62. The van der Waals surface area contributed by atoms with Crippen LogP contribution < -0.4 is 0 Å². The second-order valence-corrected chi connectivity index (χ2v) is 1.93. The van der Waals surface area contributed by atoms with Gasteiger partial charge in [-0.15, -0.1) is 0 Å². The molecule has 0 heterocycles. The van der Waals surface area contributed by atoms with Gasteiger partial charge in [0.1, 0.15) is 0 Å². The molecule has 0 saturated heterocycles. The maximum Gasteiger partial charge on any atom is 0.0585 e. The average Bonchev–Trinajstić information content (AvgIpc) is 2.10. The maximum atomic E-state index is 4.03. The Bertz CT molecular complexity index is 169. The van der Waals surface area contributed by atoms with Crippen molar-refractivity contribution in [2.24, 2.45) is 20.0 Å². The lowest BCUT2D eigenvalue weighted by Gasteiger charge is -1.84. The maximum absolute atomic E-state index is 4.03. The predicted molar refractivity (Wildman–Crippen MR) is 55.6 cm³/mol. The van der Waals surface area contributed by atoms with E-state index in [-0.39, 0.29) is 0 Å². The molecular formula is C8H14N4. The van der Waals surface area contributed by atoms with Crippen molar-refractivity contribution in [3.8, 4) is 0 Å². The van der Waals surface area contributed by atoms with Gasteiger partial charge in [-0.2, -0.15) is 0 Å². The molecule has 0 atom stereocenters. The quantitative estimate of drug-likeness (QED) is 0.422. The number of nitrogens with zero attached hydrogens (tertiary/aromatic N) is 4. The Balaban J connectivity index is 3.32. The van der Waals surface area contributed by atoms with Crippen LogP contribution in [0.1, 0.15) is 0 Å². The molecule has 0 aromatic heterocycles. The van der Waals surface area contributed by atoms with Gasteiger partial charge in [0, 0.05) is 39.0 Å². The van der Waals surface area contributed by atoms with Crippen molar-refractivity contribution in [1.29, 1.82) is 0 Å². The lowest BCUT2D eigenvalue weighted by molar-refractivity contribution is 0.988. The van der Waals surface area contributed by atoms with Crippen molar-refractivity contribution in [2.75, 3.05) is 27.2 Å². The van der Waals surface area contributed by atoms with Gasteiger partial charge in [-0.1, -0.05) is 0 Å². The van der Waals surface area contributed by atoms with Gasteiger partial charge < -0.3 is 0 Å². The molecule has 0 fully saturated rings. The van der Waals surface area contributed by atoms with E-state index in [1.807, 2.05) is 0 Å². The second kappa shape index (κ2) is 9.68. The Labute approximate surface area is 72.9 Å². The van der Waals surface area contributed by atoms with Crippen molar-refractivity contribution < 1.29 is 0 Å². The normalized spacial score (nSPS) is 13.2. The van der Waals surface area contributed by atoms with Crippen molar-refractivity contribution in [3.05, 3.63) is 0 Å². The summed E-state index contributed by atoms with van der Waals surface area (Å²) in [5, 5.41) is 0. The highest BCUT2D eigenvalue weighted by molar-refractivity contribution is 6.16. The molecule has 0 aromatic rings. The molecule has 0 aliphatic rings. The SMILES string of the molecule is CN=CC=NCCN=CC=NC.